The van der Waals surface area contributed by atoms with E-state index in [4.69, 9.17) is 12.2 Å². The Morgan fingerprint density at radius 3 is 2.50 bits per heavy atom. The van der Waals surface area contributed by atoms with E-state index in [0.29, 0.717) is 17.0 Å². The van der Waals surface area contributed by atoms with Gasteiger partial charge in [-0.25, -0.2) is 4.39 Å². The van der Waals surface area contributed by atoms with Crippen LogP contribution in [0.3, 0.4) is 0 Å². The van der Waals surface area contributed by atoms with Crippen LogP contribution in [0.25, 0.3) is 11.3 Å². The number of carbonyl (C=O) groups is 2. The topological polar surface area (TPSA) is 108 Å². The highest BCUT2D eigenvalue weighted by Crippen LogP contribution is 2.32. The Hall–Kier alpha value is -2.95. The van der Waals surface area contributed by atoms with Crippen LogP contribution in [-0.2, 0) is 14.3 Å². The van der Waals surface area contributed by atoms with Crippen LogP contribution in [0.5, 0.6) is 0 Å². The summed E-state index contributed by atoms with van der Waals surface area (Å²) in [5, 5.41) is 16.7. The molecule has 1 saturated heterocycles. The molecular formula is C24H32FN5O3S. The molecule has 0 unspecified atom stereocenters. The second-order valence-electron chi connectivity index (χ2n) is 8.07. The van der Waals surface area contributed by atoms with Gasteiger partial charge in [0.15, 0.2) is 0 Å². The van der Waals surface area contributed by atoms with Crippen molar-refractivity contribution >= 4 is 29.4 Å². The monoisotopic (exact) mass is 489 g/mol. The molecule has 0 radical (unpaired) electrons. The fourth-order valence-corrected chi connectivity index (χ4v) is 3.81. The molecule has 184 valence electrons. The van der Waals surface area contributed by atoms with E-state index in [1.165, 1.54) is 19.2 Å². The zero-order valence-corrected chi connectivity index (χ0v) is 20.6. The van der Waals surface area contributed by atoms with Crippen molar-refractivity contribution in [3.05, 3.63) is 53.6 Å². The number of ether oxygens (including phenoxy) is 1. The van der Waals surface area contributed by atoms with Crippen molar-refractivity contribution in [2.75, 3.05) is 26.8 Å². The standard InChI is InChI=1S/C21H26FN5OS.C3H6O2/c1-12(2)24-20(28)13(3)25-21(29)17-18(14-4-6-16(22)7-5-14)26-27-19(17)15-8-10-23-11-9-15;1-5-3-2-4/h4-7,12,15,23H,3,8-11H2,1-2H3,(H,24,28)(H,25,29)(H,26,27);2H,3H2,1H3. The summed E-state index contributed by atoms with van der Waals surface area (Å²) in [6.45, 7) is 9.60. The Morgan fingerprint density at radius 2 is 1.97 bits per heavy atom. The summed E-state index contributed by atoms with van der Waals surface area (Å²) in [6.07, 6.45) is 2.62. The summed E-state index contributed by atoms with van der Waals surface area (Å²) in [7, 11) is 1.48. The first-order chi connectivity index (χ1) is 16.3. The minimum Gasteiger partial charge on any atom is -0.377 e. The van der Waals surface area contributed by atoms with Gasteiger partial charge in [-0.2, -0.15) is 5.10 Å². The Labute approximate surface area is 204 Å². The molecular weight excluding hydrogens is 457 g/mol. The lowest BCUT2D eigenvalue weighted by molar-refractivity contribution is -0.118. The first-order valence-corrected chi connectivity index (χ1v) is 11.5. The highest BCUT2D eigenvalue weighted by Gasteiger charge is 2.26. The molecule has 1 aliphatic heterocycles. The lowest BCUT2D eigenvalue weighted by Gasteiger charge is -2.23. The number of aromatic amines is 1. The van der Waals surface area contributed by atoms with E-state index >= 15 is 0 Å². The Balaban J connectivity index is 0.000000739. The van der Waals surface area contributed by atoms with Crippen molar-refractivity contribution in [1.29, 1.82) is 0 Å². The van der Waals surface area contributed by atoms with Crippen LogP contribution in [0, 0.1) is 5.82 Å². The minimum absolute atomic E-state index is 0.0105. The lowest BCUT2D eigenvalue weighted by atomic mass is 9.90. The maximum Gasteiger partial charge on any atom is 0.267 e. The largest absolute Gasteiger partial charge is 0.377 e. The number of rotatable bonds is 8. The number of amides is 1. The van der Waals surface area contributed by atoms with Crippen LogP contribution in [0.4, 0.5) is 4.39 Å². The molecule has 4 N–H and O–H groups in total. The molecule has 1 aliphatic rings. The number of aromatic nitrogens is 2. The number of hydrogen-bond acceptors (Lipinski definition) is 6. The van der Waals surface area contributed by atoms with Gasteiger partial charge in [-0.05, 0) is 64.0 Å². The van der Waals surface area contributed by atoms with Gasteiger partial charge in [-0.1, -0.05) is 18.8 Å². The highest BCUT2D eigenvalue weighted by atomic mass is 32.1. The molecule has 1 aromatic heterocycles. The predicted octanol–water partition coefficient (Wildman–Crippen LogP) is 2.82. The second-order valence-corrected chi connectivity index (χ2v) is 8.48. The lowest BCUT2D eigenvalue weighted by Crippen LogP contribution is -2.37. The number of thiocarbonyl (C=S) groups is 1. The number of piperidine rings is 1. The molecule has 0 atom stereocenters. The number of nitrogens with one attached hydrogen (secondary N) is 4. The fraction of sp³-hybridized carbons (Fsp3) is 0.417. The summed E-state index contributed by atoms with van der Waals surface area (Å²) in [6, 6.07) is 6.12. The van der Waals surface area contributed by atoms with Gasteiger partial charge in [0.05, 0.1) is 11.3 Å². The number of methoxy groups -OCH3 is 1. The van der Waals surface area contributed by atoms with E-state index in [1.807, 2.05) is 13.8 Å². The van der Waals surface area contributed by atoms with Crippen molar-refractivity contribution in [3.8, 4) is 11.3 Å². The van der Waals surface area contributed by atoms with Crippen LogP contribution in [0.1, 0.15) is 43.9 Å². The molecule has 1 aromatic carbocycles. The molecule has 0 saturated carbocycles. The minimum atomic E-state index is -0.316. The van der Waals surface area contributed by atoms with E-state index in [0.717, 1.165) is 42.8 Å². The molecule has 0 aliphatic carbocycles. The summed E-state index contributed by atoms with van der Waals surface area (Å²) < 4.78 is 17.7. The van der Waals surface area contributed by atoms with Gasteiger partial charge in [0.25, 0.3) is 5.91 Å². The molecule has 0 spiro atoms. The third kappa shape index (κ3) is 7.82. The average Bonchev–Trinajstić information content (AvgIpc) is 3.26. The Morgan fingerprint density at radius 1 is 1.32 bits per heavy atom. The maximum absolute atomic E-state index is 13.4. The SMILES string of the molecule is C=C(NC(=S)c1c(-c2ccc(F)cc2)n[nH]c1C1CCNCC1)C(=O)NC(C)C.COCC=O. The molecule has 3 rings (SSSR count). The van der Waals surface area contributed by atoms with Gasteiger partial charge < -0.3 is 25.5 Å². The first-order valence-electron chi connectivity index (χ1n) is 11.1. The quantitative estimate of drug-likeness (QED) is 0.257. The van der Waals surface area contributed by atoms with E-state index in [-0.39, 0.29) is 36.0 Å². The third-order valence-electron chi connectivity index (χ3n) is 5.08. The van der Waals surface area contributed by atoms with Gasteiger partial charge in [0, 0.05) is 30.3 Å². The number of H-pyrrole nitrogens is 1. The zero-order valence-electron chi connectivity index (χ0n) is 19.7. The van der Waals surface area contributed by atoms with Crippen LogP contribution in [-0.4, -0.2) is 60.2 Å². The normalized spacial score (nSPS) is 13.6. The molecule has 34 heavy (non-hydrogen) atoms. The van der Waals surface area contributed by atoms with Gasteiger partial charge in [0.2, 0.25) is 0 Å². The third-order valence-corrected chi connectivity index (χ3v) is 5.39. The summed E-state index contributed by atoms with van der Waals surface area (Å²) in [5.74, 6) is -0.355. The van der Waals surface area contributed by atoms with E-state index in [9.17, 15) is 14.0 Å². The molecule has 8 nitrogen and oxygen atoms in total. The Kier molecular flexibility index (Phi) is 11.0. The smallest absolute Gasteiger partial charge is 0.267 e. The number of carbonyl (C=O) groups excluding carboxylic acids is 2. The molecule has 2 aromatic rings. The number of hydrogen-bond donors (Lipinski definition) is 4. The van der Waals surface area contributed by atoms with Gasteiger partial charge in [-0.3, -0.25) is 9.89 Å². The fourth-order valence-electron chi connectivity index (χ4n) is 3.48. The van der Waals surface area contributed by atoms with Crippen molar-refractivity contribution in [2.45, 2.75) is 38.6 Å². The van der Waals surface area contributed by atoms with Crippen molar-refractivity contribution in [1.82, 2.24) is 26.1 Å². The van der Waals surface area contributed by atoms with Gasteiger partial charge in [0.1, 0.15) is 29.4 Å². The van der Waals surface area contributed by atoms with Crippen molar-refractivity contribution in [2.24, 2.45) is 0 Å². The van der Waals surface area contributed by atoms with Crippen LogP contribution < -0.4 is 16.0 Å². The maximum atomic E-state index is 13.4. The highest BCUT2D eigenvalue weighted by molar-refractivity contribution is 7.80. The van der Waals surface area contributed by atoms with Crippen LogP contribution in [0.2, 0.25) is 0 Å². The predicted molar refractivity (Wildman–Crippen MR) is 134 cm³/mol. The summed E-state index contributed by atoms with van der Waals surface area (Å²) >= 11 is 5.65. The average molecular weight is 490 g/mol. The van der Waals surface area contributed by atoms with Crippen molar-refractivity contribution in [3.63, 3.8) is 0 Å². The van der Waals surface area contributed by atoms with E-state index in [2.05, 4.69) is 37.5 Å². The number of benzene rings is 1. The molecule has 0 bridgehead atoms. The van der Waals surface area contributed by atoms with Gasteiger partial charge in [-0.15, -0.1) is 0 Å². The number of halogens is 1. The van der Waals surface area contributed by atoms with Crippen LogP contribution in [0.15, 0.2) is 36.5 Å². The van der Waals surface area contributed by atoms with Crippen LogP contribution >= 0.6 is 12.2 Å². The Bertz CT molecular complexity index is 985. The van der Waals surface area contributed by atoms with Crippen molar-refractivity contribution < 1.29 is 18.7 Å². The molecule has 10 heteroatoms. The molecule has 1 fully saturated rings. The number of aldehydes is 1. The number of nitrogens with zero attached hydrogens (tertiary/aromatic N) is 1. The van der Waals surface area contributed by atoms with E-state index < -0.39 is 0 Å². The molecule has 2 heterocycles. The summed E-state index contributed by atoms with van der Waals surface area (Å²) in [5.41, 5.74) is 3.22. The first kappa shape index (κ1) is 27.3. The van der Waals surface area contributed by atoms with E-state index in [1.54, 1.807) is 12.1 Å². The second kappa shape index (κ2) is 13.7. The summed E-state index contributed by atoms with van der Waals surface area (Å²) in [4.78, 5) is 21.9. The zero-order chi connectivity index (χ0) is 25.1. The van der Waals surface area contributed by atoms with Gasteiger partial charge >= 0.3 is 0 Å². The molecule has 1 amide bonds.